The molecule has 0 aliphatic carbocycles. The van der Waals surface area contributed by atoms with Crippen LogP contribution in [0.15, 0.2) is 29.8 Å². The Balaban J connectivity index is 2.17. The Morgan fingerprint density at radius 1 is 0.864 bits per heavy atom. The van der Waals surface area contributed by atoms with Gasteiger partial charge >= 0.3 is 11.8 Å². The first-order valence-electron chi connectivity index (χ1n) is 6.69. The number of phenolic OH excluding ortho intramolecular Hbond substituents is 2. The van der Waals surface area contributed by atoms with Crippen LogP contribution in [0.4, 0.5) is 0 Å². The van der Waals surface area contributed by atoms with Crippen LogP contribution >= 0.6 is 23.5 Å². The normalized spacial score (nSPS) is 16.8. The van der Waals surface area contributed by atoms with Crippen molar-refractivity contribution in [1.29, 1.82) is 0 Å². The van der Waals surface area contributed by atoms with Gasteiger partial charge in [0, 0.05) is 11.1 Å². The summed E-state index contributed by atoms with van der Waals surface area (Å²) in [6, 6.07) is 0. The van der Waals surface area contributed by atoms with Gasteiger partial charge in [-0.25, -0.2) is 0 Å². The molecule has 6 nitrogen and oxygen atoms in total. The first-order chi connectivity index (χ1) is 10.5. The molecular formula is C14H12N2O4S2. The number of hydrogen-bond acceptors (Lipinski definition) is 6. The van der Waals surface area contributed by atoms with Gasteiger partial charge in [-0.3, -0.25) is 9.59 Å². The van der Waals surface area contributed by atoms with E-state index in [1.807, 2.05) is 13.8 Å². The maximum absolute atomic E-state index is 11.6. The summed E-state index contributed by atoms with van der Waals surface area (Å²) in [4.78, 5) is 24.3. The second-order valence-electron chi connectivity index (χ2n) is 4.70. The van der Waals surface area contributed by atoms with Crippen molar-refractivity contribution in [2.45, 2.75) is 36.5 Å². The maximum Gasteiger partial charge on any atom is 0.302 e. The molecule has 0 saturated carbocycles. The van der Waals surface area contributed by atoms with E-state index in [-0.39, 0.29) is 17.1 Å². The predicted molar refractivity (Wildman–Crippen MR) is 82.1 cm³/mol. The molecule has 0 aromatic heterocycles. The summed E-state index contributed by atoms with van der Waals surface area (Å²) in [7, 11) is 0. The molecule has 1 aromatic carbocycles. The maximum atomic E-state index is 11.6. The lowest BCUT2D eigenvalue weighted by atomic mass is 10.0. The number of fused-ring (bicyclic) bond motifs is 1. The molecule has 2 aliphatic rings. The van der Waals surface area contributed by atoms with Crippen LogP contribution in [0.2, 0.25) is 0 Å². The molecule has 0 bridgehead atoms. The van der Waals surface area contributed by atoms with Crippen LogP contribution in [0.25, 0.3) is 0 Å². The molecule has 2 N–H and O–H groups in total. The van der Waals surface area contributed by atoms with Crippen LogP contribution < -0.4 is 0 Å². The number of carbonyl (C=O) groups excluding carboxylic acids is 2. The van der Waals surface area contributed by atoms with Crippen LogP contribution in [0.3, 0.4) is 0 Å². The largest absolute Gasteiger partial charge is 0.506 e. The fourth-order valence-electron chi connectivity index (χ4n) is 2.49. The standard InChI is InChI=1S/C14H12N2O4S2/c1-3-5-6(4-2)9(18)11-10(8(5)17)21-14(22-11)7-12(19)15-16-13(7)20/h17-18H,3-4H2,1-2H3. The molecule has 0 saturated heterocycles. The topological polar surface area (TPSA) is 99.3 Å². The molecule has 0 spiro atoms. The first-order valence-corrected chi connectivity index (χ1v) is 8.32. The van der Waals surface area contributed by atoms with E-state index in [1.165, 1.54) is 0 Å². The Morgan fingerprint density at radius 2 is 1.27 bits per heavy atom. The number of phenols is 2. The van der Waals surface area contributed by atoms with E-state index >= 15 is 0 Å². The average Bonchev–Trinajstić information content (AvgIpc) is 3.06. The van der Waals surface area contributed by atoms with E-state index in [2.05, 4.69) is 10.2 Å². The minimum absolute atomic E-state index is 0.0962. The number of rotatable bonds is 2. The van der Waals surface area contributed by atoms with Crippen LogP contribution in [-0.2, 0) is 22.4 Å². The van der Waals surface area contributed by atoms with Gasteiger partial charge < -0.3 is 10.2 Å². The van der Waals surface area contributed by atoms with Crippen LogP contribution in [0.1, 0.15) is 25.0 Å². The predicted octanol–water partition coefficient (Wildman–Crippen LogP) is 3.15. The third kappa shape index (κ3) is 2.05. The highest BCUT2D eigenvalue weighted by molar-refractivity contribution is 8.25. The SMILES string of the molecule is CCc1c(O)c2c(c(O)c1CC)SC(=C1C(=O)N=NC1=O)S2. The molecule has 0 unspecified atom stereocenters. The van der Waals surface area contributed by atoms with Crippen LogP contribution in [-0.4, -0.2) is 22.0 Å². The zero-order valence-corrected chi connectivity index (χ0v) is 13.5. The van der Waals surface area contributed by atoms with Gasteiger partial charge in [0.05, 0.1) is 14.0 Å². The number of aromatic hydroxyl groups is 2. The molecule has 8 heteroatoms. The molecule has 2 aliphatic heterocycles. The van der Waals surface area contributed by atoms with Crippen molar-refractivity contribution in [3.05, 3.63) is 20.9 Å². The number of nitrogens with zero attached hydrogens (tertiary/aromatic N) is 2. The summed E-state index contributed by atoms with van der Waals surface area (Å²) in [6.07, 6.45) is 1.16. The highest BCUT2D eigenvalue weighted by atomic mass is 32.2. The lowest BCUT2D eigenvalue weighted by Gasteiger charge is -2.14. The lowest BCUT2D eigenvalue weighted by Crippen LogP contribution is -2.01. The van der Waals surface area contributed by atoms with E-state index < -0.39 is 11.8 Å². The van der Waals surface area contributed by atoms with E-state index in [4.69, 9.17) is 0 Å². The number of benzene rings is 1. The lowest BCUT2D eigenvalue weighted by molar-refractivity contribution is -0.117. The fraction of sp³-hybridized carbons (Fsp3) is 0.286. The third-order valence-corrected chi connectivity index (χ3v) is 6.14. The Morgan fingerprint density at radius 3 is 1.64 bits per heavy atom. The van der Waals surface area contributed by atoms with Crippen LogP contribution in [0, 0.1) is 0 Å². The van der Waals surface area contributed by atoms with Gasteiger partial charge in [-0.15, -0.1) is 10.2 Å². The zero-order chi connectivity index (χ0) is 16.0. The Bertz CT molecular complexity index is 723. The van der Waals surface area contributed by atoms with Gasteiger partial charge in [0.1, 0.15) is 17.1 Å². The van der Waals surface area contributed by atoms with Gasteiger partial charge in [-0.1, -0.05) is 37.4 Å². The molecule has 114 valence electrons. The number of carbonyl (C=O) groups is 2. The monoisotopic (exact) mass is 336 g/mol. The molecule has 2 amide bonds. The van der Waals surface area contributed by atoms with Crippen molar-refractivity contribution in [3.8, 4) is 11.5 Å². The quantitative estimate of drug-likeness (QED) is 0.489. The van der Waals surface area contributed by atoms with Crippen molar-refractivity contribution in [2.75, 3.05) is 0 Å². The fourth-order valence-corrected chi connectivity index (χ4v) is 5.15. The molecular weight excluding hydrogens is 324 g/mol. The number of hydrogen-bond donors (Lipinski definition) is 2. The first kappa shape index (κ1) is 15.1. The molecule has 22 heavy (non-hydrogen) atoms. The number of azo groups is 1. The summed E-state index contributed by atoms with van der Waals surface area (Å²) in [5, 5.41) is 27.4. The molecule has 2 heterocycles. The van der Waals surface area contributed by atoms with Crippen LogP contribution in [0.5, 0.6) is 11.5 Å². The second-order valence-corrected chi connectivity index (χ2v) is 7.00. The highest BCUT2D eigenvalue weighted by Crippen LogP contribution is 2.60. The van der Waals surface area contributed by atoms with Crippen molar-refractivity contribution >= 4 is 35.3 Å². The van der Waals surface area contributed by atoms with Crippen molar-refractivity contribution in [1.82, 2.24) is 0 Å². The van der Waals surface area contributed by atoms with Crippen molar-refractivity contribution in [3.63, 3.8) is 0 Å². The number of amides is 2. The average molecular weight is 336 g/mol. The van der Waals surface area contributed by atoms with E-state index in [0.717, 1.165) is 23.5 Å². The highest BCUT2D eigenvalue weighted by Gasteiger charge is 2.36. The Labute approximate surface area is 134 Å². The smallest absolute Gasteiger partial charge is 0.302 e. The van der Waals surface area contributed by atoms with Crippen molar-refractivity contribution < 1.29 is 19.8 Å². The summed E-state index contributed by atoms with van der Waals surface area (Å²) in [5.74, 6) is -1.16. The zero-order valence-electron chi connectivity index (χ0n) is 11.8. The minimum Gasteiger partial charge on any atom is -0.506 e. The molecule has 0 fully saturated rings. The Kier molecular flexibility index (Phi) is 3.73. The molecule has 3 rings (SSSR count). The van der Waals surface area contributed by atoms with E-state index in [0.29, 0.717) is 38.0 Å². The summed E-state index contributed by atoms with van der Waals surface area (Å²) < 4.78 is 0.399. The second kappa shape index (κ2) is 5.44. The molecule has 0 atom stereocenters. The summed E-state index contributed by atoms with van der Waals surface area (Å²) in [6.45, 7) is 3.79. The summed E-state index contributed by atoms with van der Waals surface area (Å²) >= 11 is 2.20. The van der Waals surface area contributed by atoms with Crippen molar-refractivity contribution in [2.24, 2.45) is 10.2 Å². The minimum atomic E-state index is -0.682. The van der Waals surface area contributed by atoms with E-state index in [9.17, 15) is 19.8 Å². The van der Waals surface area contributed by atoms with Gasteiger partial charge in [0.15, 0.2) is 0 Å². The van der Waals surface area contributed by atoms with Gasteiger partial charge in [-0.05, 0) is 12.8 Å². The van der Waals surface area contributed by atoms with Gasteiger partial charge in [-0.2, -0.15) is 0 Å². The Hall–Kier alpha value is -1.80. The number of thioether (sulfide) groups is 2. The molecule has 0 radical (unpaired) electrons. The van der Waals surface area contributed by atoms with E-state index in [1.54, 1.807) is 0 Å². The summed E-state index contributed by atoms with van der Waals surface area (Å²) in [5.41, 5.74) is 1.29. The third-order valence-electron chi connectivity index (χ3n) is 3.53. The molecule has 1 aromatic rings. The van der Waals surface area contributed by atoms with Gasteiger partial charge in [0.25, 0.3) is 0 Å². The van der Waals surface area contributed by atoms with Gasteiger partial charge in [0.2, 0.25) is 0 Å².